The fourth-order valence-electron chi connectivity index (χ4n) is 2.19. The van der Waals surface area contributed by atoms with Gasteiger partial charge in [-0.25, -0.2) is 0 Å². The molecule has 0 bridgehead atoms. The normalized spacial score (nSPS) is 11.9. The Hall–Kier alpha value is -1.80. The Bertz CT molecular complexity index is 581. The van der Waals surface area contributed by atoms with E-state index in [-0.39, 0.29) is 11.8 Å². The van der Waals surface area contributed by atoms with E-state index in [2.05, 4.69) is 12.1 Å². The Labute approximate surface area is 125 Å². The molecule has 2 nitrogen and oxygen atoms in total. The summed E-state index contributed by atoms with van der Waals surface area (Å²) in [5.74, 6) is 0.142. The molecule has 0 aliphatic carbocycles. The molecule has 0 saturated carbocycles. The van der Waals surface area contributed by atoms with Crippen molar-refractivity contribution in [2.75, 3.05) is 14.1 Å². The first-order valence-electron chi connectivity index (χ1n) is 6.58. The van der Waals surface area contributed by atoms with Crippen LogP contribution < -0.4 is 0 Å². The number of carbonyl (C=O) groups is 1. The number of benzene rings is 2. The summed E-state index contributed by atoms with van der Waals surface area (Å²) in [6.07, 6.45) is 0.442. The maximum atomic E-state index is 12.1. The molecule has 3 heteroatoms. The van der Waals surface area contributed by atoms with Crippen LogP contribution >= 0.6 is 11.6 Å². The maximum Gasteiger partial charge on any atom is 0.223 e. The summed E-state index contributed by atoms with van der Waals surface area (Å²) in [4.78, 5) is 13.7. The molecule has 0 aromatic heterocycles. The summed E-state index contributed by atoms with van der Waals surface area (Å²) >= 11 is 6.08. The largest absolute Gasteiger partial charge is 0.349 e. The van der Waals surface area contributed by atoms with Gasteiger partial charge in [0.1, 0.15) is 0 Å². The van der Waals surface area contributed by atoms with E-state index in [4.69, 9.17) is 11.6 Å². The topological polar surface area (TPSA) is 20.3 Å². The Morgan fingerprint density at radius 3 is 2.30 bits per heavy atom. The fraction of sp³-hybridized carbons (Fsp3) is 0.235. The first-order valence-corrected chi connectivity index (χ1v) is 6.96. The lowest BCUT2D eigenvalue weighted by Gasteiger charge is -2.20. The highest BCUT2D eigenvalue weighted by molar-refractivity contribution is 6.30. The lowest BCUT2D eigenvalue weighted by atomic mass is 9.88. The molecule has 20 heavy (non-hydrogen) atoms. The van der Waals surface area contributed by atoms with Gasteiger partial charge in [0, 0.05) is 31.5 Å². The average molecular weight is 288 g/mol. The molecule has 0 saturated heterocycles. The van der Waals surface area contributed by atoms with Gasteiger partial charge in [-0.2, -0.15) is 0 Å². The number of carbonyl (C=O) groups excluding carboxylic acids is 1. The van der Waals surface area contributed by atoms with Gasteiger partial charge in [0.15, 0.2) is 0 Å². The van der Waals surface area contributed by atoms with Crippen LogP contribution in [0.2, 0.25) is 5.02 Å². The summed E-state index contributed by atoms with van der Waals surface area (Å²) in [5.41, 5.74) is 2.20. The van der Waals surface area contributed by atoms with Crippen LogP contribution in [0.5, 0.6) is 0 Å². The van der Waals surface area contributed by atoms with E-state index in [9.17, 15) is 4.79 Å². The number of halogens is 1. The Balaban J connectivity index is 2.37. The minimum Gasteiger partial charge on any atom is -0.349 e. The van der Waals surface area contributed by atoms with Gasteiger partial charge in [-0.15, -0.1) is 0 Å². The fourth-order valence-corrected chi connectivity index (χ4v) is 2.39. The van der Waals surface area contributed by atoms with Crippen LogP contribution in [-0.2, 0) is 4.79 Å². The summed E-state index contributed by atoms with van der Waals surface area (Å²) in [6.45, 7) is 0. The molecule has 0 unspecified atom stereocenters. The molecule has 2 rings (SSSR count). The van der Waals surface area contributed by atoms with E-state index in [1.54, 1.807) is 19.0 Å². The van der Waals surface area contributed by atoms with Gasteiger partial charge in [0.2, 0.25) is 5.91 Å². The van der Waals surface area contributed by atoms with E-state index in [1.807, 2.05) is 42.5 Å². The van der Waals surface area contributed by atoms with Gasteiger partial charge in [-0.3, -0.25) is 4.79 Å². The standard InChI is InChI=1S/C17H18ClNO/c1-19(2)17(20)12-16(13-7-4-3-5-8-13)14-9-6-10-15(18)11-14/h3-11,16H,12H2,1-2H3/t16-/m0/s1. The minimum absolute atomic E-state index is 0.0322. The monoisotopic (exact) mass is 287 g/mol. The molecule has 0 spiro atoms. The summed E-state index contributed by atoms with van der Waals surface area (Å²) in [6, 6.07) is 17.8. The van der Waals surface area contributed by atoms with Gasteiger partial charge < -0.3 is 4.90 Å². The van der Waals surface area contributed by atoms with Crippen molar-refractivity contribution in [3.8, 4) is 0 Å². The molecule has 2 aromatic carbocycles. The number of rotatable bonds is 4. The lowest BCUT2D eigenvalue weighted by Crippen LogP contribution is -2.24. The Morgan fingerprint density at radius 2 is 1.70 bits per heavy atom. The van der Waals surface area contributed by atoms with Crippen molar-refractivity contribution in [1.29, 1.82) is 0 Å². The third kappa shape index (κ3) is 3.61. The number of nitrogens with zero attached hydrogens (tertiary/aromatic N) is 1. The average Bonchev–Trinajstić information content (AvgIpc) is 2.45. The quantitative estimate of drug-likeness (QED) is 0.834. The van der Waals surface area contributed by atoms with Gasteiger partial charge in [-0.1, -0.05) is 54.1 Å². The predicted molar refractivity (Wildman–Crippen MR) is 83.0 cm³/mol. The molecule has 0 heterocycles. The van der Waals surface area contributed by atoms with E-state index < -0.39 is 0 Å². The molecular weight excluding hydrogens is 270 g/mol. The van der Waals surface area contributed by atoms with Gasteiger partial charge >= 0.3 is 0 Å². The summed E-state index contributed by atoms with van der Waals surface area (Å²) in [5, 5.41) is 0.695. The van der Waals surface area contributed by atoms with Crippen molar-refractivity contribution in [3.63, 3.8) is 0 Å². The second-order valence-corrected chi connectivity index (χ2v) is 5.45. The molecule has 1 amide bonds. The molecular formula is C17H18ClNO. The van der Waals surface area contributed by atoms with Crippen LogP contribution in [0.15, 0.2) is 54.6 Å². The molecule has 0 N–H and O–H groups in total. The molecule has 1 atom stereocenters. The Morgan fingerprint density at radius 1 is 1.05 bits per heavy atom. The van der Waals surface area contributed by atoms with Gasteiger partial charge in [-0.05, 0) is 23.3 Å². The van der Waals surface area contributed by atoms with E-state index in [1.165, 1.54) is 0 Å². The highest BCUT2D eigenvalue weighted by atomic mass is 35.5. The number of amides is 1. The molecule has 0 aliphatic rings. The Kier molecular flexibility index (Phi) is 4.80. The second kappa shape index (κ2) is 6.58. The van der Waals surface area contributed by atoms with Crippen LogP contribution in [0.25, 0.3) is 0 Å². The predicted octanol–water partition coefficient (Wildman–Crippen LogP) is 3.95. The maximum absolute atomic E-state index is 12.1. The first kappa shape index (κ1) is 14.6. The zero-order chi connectivity index (χ0) is 14.5. The van der Waals surface area contributed by atoms with Crippen LogP contribution in [0.3, 0.4) is 0 Å². The van der Waals surface area contributed by atoms with Crippen LogP contribution in [0, 0.1) is 0 Å². The van der Waals surface area contributed by atoms with E-state index in [0.717, 1.165) is 11.1 Å². The van der Waals surface area contributed by atoms with Crippen molar-refractivity contribution in [3.05, 3.63) is 70.7 Å². The first-order chi connectivity index (χ1) is 9.58. The van der Waals surface area contributed by atoms with Crippen molar-refractivity contribution >= 4 is 17.5 Å². The third-order valence-corrected chi connectivity index (χ3v) is 3.57. The summed E-state index contributed by atoms with van der Waals surface area (Å²) < 4.78 is 0. The smallest absolute Gasteiger partial charge is 0.223 e. The molecule has 104 valence electrons. The molecule has 0 fully saturated rings. The zero-order valence-corrected chi connectivity index (χ0v) is 12.5. The number of hydrogen-bond acceptors (Lipinski definition) is 1. The van der Waals surface area contributed by atoms with Crippen LogP contribution in [0.1, 0.15) is 23.5 Å². The SMILES string of the molecule is CN(C)C(=O)C[C@@H](c1ccccc1)c1cccc(Cl)c1. The van der Waals surface area contributed by atoms with E-state index in [0.29, 0.717) is 11.4 Å². The summed E-state index contributed by atoms with van der Waals surface area (Å²) in [7, 11) is 3.56. The lowest BCUT2D eigenvalue weighted by molar-refractivity contribution is -0.128. The van der Waals surface area contributed by atoms with E-state index >= 15 is 0 Å². The van der Waals surface area contributed by atoms with Gasteiger partial charge in [0.05, 0.1) is 0 Å². The number of hydrogen-bond donors (Lipinski definition) is 0. The minimum atomic E-state index is 0.0322. The van der Waals surface area contributed by atoms with Crippen molar-refractivity contribution < 1.29 is 4.79 Å². The second-order valence-electron chi connectivity index (χ2n) is 5.01. The highest BCUT2D eigenvalue weighted by Gasteiger charge is 2.19. The van der Waals surface area contributed by atoms with Crippen LogP contribution in [-0.4, -0.2) is 24.9 Å². The van der Waals surface area contributed by atoms with Crippen molar-refractivity contribution in [2.24, 2.45) is 0 Å². The highest BCUT2D eigenvalue weighted by Crippen LogP contribution is 2.29. The molecule has 0 radical (unpaired) electrons. The zero-order valence-electron chi connectivity index (χ0n) is 11.7. The van der Waals surface area contributed by atoms with Crippen molar-refractivity contribution in [2.45, 2.75) is 12.3 Å². The molecule has 2 aromatic rings. The molecule has 0 aliphatic heterocycles. The van der Waals surface area contributed by atoms with Gasteiger partial charge in [0.25, 0.3) is 0 Å². The van der Waals surface area contributed by atoms with Crippen molar-refractivity contribution in [1.82, 2.24) is 4.90 Å². The van der Waals surface area contributed by atoms with Crippen LogP contribution in [0.4, 0.5) is 0 Å². The third-order valence-electron chi connectivity index (χ3n) is 3.33.